The van der Waals surface area contributed by atoms with Gasteiger partial charge >= 0.3 is 5.97 Å². The Kier molecular flexibility index (Phi) is 10.6. The van der Waals surface area contributed by atoms with Crippen molar-refractivity contribution in [2.75, 3.05) is 13.7 Å². The number of unbranched alkanes of at least 4 members (excludes halogenated alkanes) is 1. The summed E-state index contributed by atoms with van der Waals surface area (Å²) in [5.41, 5.74) is 1.12. The van der Waals surface area contributed by atoms with E-state index >= 15 is 0 Å². The van der Waals surface area contributed by atoms with Crippen molar-refractivity contribution in [3.8, 4) is 0 Å². The summed E-state index contributed by atoms with van der Waals surface area (Å²) in [7, 11) is 1.34. The molecule has 2 rings (SSSR count). The second-order valence-corrected chi connectivity index (χ2v) is 6.06. The van der Waals surface area contributed by atoms with Gasteiger partial charge < -0.3 is 15.4 Å². The largest absolute Gasteiger partial charge is 0.467 e. The fraction of sp³-hybridized carbons (Fsp3) is 0.286. The van der Waals surface area contributed by atoms with Gasteiger partial charge in [0.2, 0.25) is 0 Å². The maximum Gasteiger partial charge on any atom is 0.328 e. The number of ketones is 2. The molecule has 1 atom stereocenters. The van der Waals surface area contributed by atoms with Crippen molar-refractivity contribution in [1.29, 1.82) is 0 Å². The summed E-state index contributed by atoms with van der Waals surface area (Å²) in [5, 5.41) is 6.10. The minimum absolute atomic E-state index is 0. The quantitative estimate of drug-likeness (QED) is 0.254. The molecule has 2 aliphatic rings. The number of hydrogen-bond donors (Lipinski definition) is 2. The van der Waals surface area contributed by atoms with Crippen LogP contribution in [0, 0.1) is 0 Å². The molecule has 0 saturated heterocycles. The van der Waals surface area contributed by atoms with Gasteiger partial charge in [0.25, 0.3) is 0 Å². The molecule has 1 unspecified atom stereocenters. The Morgan fingerprint density at radius 3 is 2.11 bits per heavy atom. The van der Waals surface area contributed by atoms with Gasteiger partial charge in [-0.1, -0.05) is 24.3 Å². The number of hydrogen-bond acceptors (Lipinski definition) is 6. The summed E-state index contributed by atoms with van der Waals surface area (Å²) in [6, 6.07) is -0.513. The molecular weight excluding hydrogens is 403 g/mol. The SMILES string of the molecule is COC(=O)C(CCCCN/C=C1/C=CC=CC1=O)N/C=C1/C=CC=CC1=O.[Ni]. The third kappa shape index (κ3) is 7.53. The topological polar surface area (TPSA) is 84.5 Å². The molecule has 0 fully saturated rings. The minimum Gasteiger partial charge on any atom is -0.467 e. The van der Waals surface area contributed by atoms with Gasteiger partial charge in [-0.3, -0.25) is 9.59 Å². The Labute approximate surface area is 175 Å². The molecular formula is C21H24N2NiO4. The monoisotopic (exact) mass is 426 g/mol. The van der Waals surface area contributed by atoms with Gasteiger partial charge in [-0.15, -0.1) is 0 Å². The molecule has 7 heteroatoms. The number of ether oxygens (including phenoxy) is 1. The number of methoxy groups -OCH3 is 1. The summed E-state index contributed by atoms with van der Waals surface area (Å²) >= 11 is 0. The minimum atomic E-state index is -0.513. The van der Waals surface area contributed by atoms with E-state index in [-0.39, 0.29) is 34.0 Å². The molecule has 0 spiro atoms. The Morgan fingerprint density at radius 1 is 0.964 bits per heavy atom. The van der Waals surface area contributed by atoms with Crippen molar-refractivity contribution in [3.63, 3.8) is 0 Å². The molecule has 0 saturated carbocycles. The molecule has 152 valence electrons. The molecule has 0 aliphatic heterocycles. The van der Waals surface area contributed by atoms with E-state index < -0.39 is 6.04 Å². The number of carbonyl (C=O) groups excluding carboxylic acids is 3. The van der Waals surface area contributed by atoms with Crippen LogP contribution in [0.4, 0.5) is 0 Å². The molecule has 0 bridgehead atoms. The van der Waals surface area contributed by atoms with Crippen LogP contribution in [0.1, 0.15) is 19.3 Å². The first-order chi connectivity index (χ1) is 13.1. The van der Waals surface area contributed by atoms with Crippen LogP contribution >= 0.6 is 0 Å². The summed E-state index contributed by atoms with van der Waals surface area (Å²) in [6.45, 7) is 0.690. The number of rotatable bonds is 9. The predicted molar refractivity (Wildman–Crippen MR) is 104 cm³/mol. The molecule has 0 aromatic rings. The van der Waals surface area contributed by atoms with Crippen LogP contribution in [-0.2, 0) is 35.6 Å². The number of nitrogens with one attached hydrogen (secondary N) is 2. The van der Waals surface area contributed by atoms with E-state index in [9.17, 15) is 14.4 Å². The van der Waals surface area contributed by atoms with Gasteiger partial charge in [0.05, 0.1) is 7.11 Å². The average Bonchev–Trinajstić information content (AvgIpc) is 2.68. The normalized spacial score (nSPS) is 18.9. The van der Waals surface area contributed by atoms with Crippen LogP contribution in [0.5, 0.6) is 0 Å². The van der Waals surface area contributed by atoms with Gasteiger partial charge in [0.15, 0.2) is 11.6 Å². The Hall–Kier alpha value is -2.66. The van der Waals surface area contributed by atoms with Crippen molar-refractivity contribution >= 4 is 17.5 Å². The van der Waals surface area contributed by atoms with E-state index in [2.05, 4.69) is 10.6 Å². The zero-order chi connectivity index (χ0) is 19.5. The molecule has 28 heavy (non-hydrogen) atoms. The molecule has 0 heterocycles. The van der Waals surface area contributed by atoms with Crippen LogP contribution in [0.15, 0.2) is 72.2 Å². The van der Waals surface area contributed by atoms with Crippen LogP contribution in [0.2, 0.25) is 0 Å². The van der Waals surface area contributed by atoms with Crippen molar-refractivity contribution in [2.24, 2.45) is 0 Å². The van der Waals surface area contributed by atoms with Crippen LogP contribution in [-0.4, -0.2) is 37.2 Å². The fourth-order valence-corrected chi connectivity index (χ4v) is 2.56. The van der Waals surface area contributed by atoms with Crippen molar-refractivity contribution in [1.82, 2.24) is 10.6 Å². The number of esters is 1. The predicted octanol–water partition coefficient (Wildman–Crippen LogP) is 2.03. The molecule has 2 N–H and O–H groups in total. The Bertz CT molecular complexity index is 760. The van der Waals surface area contributed by atoms with Gasteiger partial charge in [-0.05, 0) is 43.6 Å². The van der Waals surface area contributed by atoms with Gasteiger partial charge in [-0.2, -0.15) is 0 Å². The zero-order valence-electron chi connectivity index (χ0n) is 15.6. The smallest absolute Gasteiger partial charge is 0.328 e. The Morgan fingerprint density at radius 2 is 1.54 bits per heavy atom. The van der Waals surface area contributed by atoms with Crippen LogP contribution in [0.3, 0.4) is 0 Å². The summed E-state index contributed by atoms with van der Waals surface area (Å²) in [6.07, 6.45) is 18.9. The molecule has 2 aliphatic carbocycles. The van der Waals surface area contributed by atoms with E-state index in [1.54, 1.807) is 42.8 Å². The van der Waals surface area contributed by atoms with E-state index in [4.69, 9.17) is 4.74 Å². The Balaban J connectivity index is 0.00000392. The van der Waals surface area contributed by atoms with Crippen molar-refractivity contribution in [3.05, 3.63) is 72.2 Å². The van der Waals surface area contributed by atoms with Crippen LogP contribution < -0.4 is 10.6 Å². The maximum absolute atomic E-state index is 11.9. The summed E-state index contributed by atoms with van der Waals surface area (Å²) in [5.74, 6) is -0.490. The zero-order valence-corrected chi connectivity index (χ0v) is 16.6. The molecule has 6 nitrogen and oxygen atoms in total. The number of carbonyl (C=O) groups is 3. The van der Waals surface area contributed by atoms with Gasteiger partial charge in [-0.25, -0.2) is 4.79 Å². The summed E-state index contributed by atoms with van der Waals surface area (Å²) < 4.78 is 4.82. The fourth-order valence-electron chi connectivity index (χ4n) is 2.56. The third-order valence-corrected chi connectivity index (χ3v) is 4.09. The van der Waals surface area contributed by atoms with Gasteiger partial charge in [0.1, 0.15) is 6.04 Å². The van der Waals surface area contributed by atoms with E-state index in [1.807, 2.05) is 6.08 Å². The second-order valence-electron chi connectivity index (χ2n) is 6.06. The first kappa shape index (κ1) is 23.4. The van der Waals surface area contributed by atoms with Crippen molar-refractivity contribution < 1.29 is 35.6 Å². The number of allylic oxidation sites excluding steroid dienone is 10. The standard InChI is InChI=1S/C21H24N2O4.Ni/c1-27-21(26)18(23-15-17-9-3-5-12-20(17)25)10-6-7-13-22-14-16-8-2-4-11-19(16)24;/h2-5,8-9,11-12,14-15,18,22-23H,6-7,10,13H2,1H3;/b16-14-,17-15-;. The van der Waals surface area contributed by atoms with Gasteiger partial charge in [0, 0.05) is 46.6 Å². The first-order valence-corrected chi connectivity index (χ1v) is 8.87. The van der Waals surface area contributed by atoms with E-state index in [0.717, 1.165) is 12.8 Å². The summed E-state index contributed by atoms with van der Waals surface area (Å²) in [4.78, 5) is 35.2. The van der Waals surface area contributed by atoms with Crippen molar-refractivity contribution in [2.45, 2.75) is 25.3 Å². The van der Waals surface area contributed by atoms with E-state index in [1.165, 1.54) is 19.3 Å². The molecule has 0 radical (unpaired) electrons. The third-order valence-electron chi connectivity index (χ3n) is 4.09. The molecule has 0 amide bonds. The maximum atomic E-state index is 11.9. The second kappa shape index (κ2) is 12.7. The van der Waals surface area contributed by atoms with E-state index in [0.29, 0.717) is 24.1 Å². The first-order valence-electron chi connectivity index (χ1n) is 8.87. The molecule has 0 aromatic heterocycles. The molecule has 0 aromatic carbocycles. The average molecular weight is 427 g/mol. The van der Waals surface area contributed by atoms with Crippen LogP contribution in [0.25, 0.3) is 0 Å².